The van der Waals surface area contributed by atoms with Crippen molar-refractivity contribution in [2.75, 3.05) is 5.32 Å². The molecule has 0 bridgehead atoms. The first-order chi connectivity index (χ1) is 18.1. The standard InChI is InChI=1S/C28H28ClN5O2S/c1-17-24(26(35)36-19-10-3-2-4-11-19)25(21-15-30-23-14-8-6-12-20(21)23)34-27(31-17)32-28(33-34)37-16-18-9-5-7-13-22(18)29/h5-9,12-15,19,25,30H,2-4,10-11,16H2,1H3,(H,31,32,33). The molecule has 2 aromatic heterocycles. The van der Waals surface area contributed by atoms with Gasteiger partial charge in [-0.3, -0.25) is 0 Å². The highest BCUT2D eigenvalue weighted by atomic mass is 35.5. The Balaban J connectivity index is 1.37. The number of para-hydroxylation sites is 1. The number of ether oxygens (including phenoxy) is 1. The van der Waals surface area contributed by atoms with Gasteiger partial charge >= 0.3 is 5.97 Å². The quantitative estimate of drug-likeness (QED) is 0.208. The fourth-order valence-electron chi connectivity index (χ4n) is 5.22. The van der Waals surface area contributed by atoms with Crippen molar-refractivity contribution in [3.8, 4) is 0 Å². The van der Waals surface area contributed by atoms with Crippen molar-refractivity contribution in [2.24, 2.45) is 0 Å². The molecule has 0 radical (unpaired) electrons. The van der Waals surface area contributed by atoms with E-state index in [1.807, 2.05) is 60.3 Å². The summed E-state index contributed by atoms with van der Waals surface area (Å²) in [4.78, 5) is 21.8. The van der Waals surface area contributed by atoms with E-state index in [1.54, 1.807) is 0 Å². The molecule has 0 saturated heterocycles. The van der Waals surface area contributed by atoms with Gasteiger partial charge < -0.3 is 15.0 Å². The van der Waals surface area contributed by atoms with Crippen LogP contribution in [0.5, 0.6) is 0 Å². The van der Waals surface area contributed by atoms with Gasteiger partial charge in [-0.15, -0.1) is 5.10 Å². The summed E-state index contributed by atoms with van der Waals surface area (Å²) in [7, 11) is 0. The third-order valence-electron chi connectivity index (χ3n) is 7.11. The van der Waals surface area contributed by atoms with Gasteiger partial charge in [0.25, 0.3) is 0 Å². The number of nitrogens with one attached hydrogen (secondary N) is 2. The van der Waals surface area contributed by atoms with Gasteiger partial charge in [-0.05, 0) is 50.3 Å². The van der Waals surface area contributed by atoms with Gasteiger partial charge in [0.05, 0.1) is 5.57 Å². The molecular formula is C28H28ClN5O2S. The van der Waals surface area contributed by atoms with Crippen molar-refractivity contribution < 1.29 is 9.53 Å². The topological polar surface area (TPSA) is 84.8 Å². The van der Waals surface area contributed by atoms with Gasteiger partial charge in [0.15, 0.2) is 0 Å². The molecule has 2 N–H and O–H groups in total. The SMILES string of the molecule is CC1=C(C(=O)OC2CCCCC2)C(c2c[nH]c3ccccc23)n2nc(SCc3ccccc3Cl)nc2N1. The molecule has 9 heteroatoms. The Bertz CT molecular complexity index is 1490. The maximum absolute atomic E-state index is 13.7. The van der Waals surface area contributed by atoms with Gasteiger partial charge in [-0.25, -0.2) is 9.48 Å². The Morgan fingerprint density at radius 2 is 1.92 bits per heavy atom. The molecule has 4 aromatic rings. The lowest BCUT2D eigenvalue weighted by Gasteiger charge is -2.29. The largest absolute Gasteiger partial charge is 0.459 e. The van der Waals surface area contributed by atoms with Crippen LogP contribution < -0.4 is 5.32 Å². The second-order valence-electron chi connectivity index (χ2n) is 9.56. The summed E-state index contributed by atoms with van der Waals surface area (Å²) >= 11 is 7.87. The fourth-order valence-corrected chi connectivity index (χ4v) is 6.34. The number of aromatic nitrogens is 4. The summed E-state index contributed by atoms with van der Waals surface area (Å²) < 4.78 is 7.87. The van der Waals surface area contributed by atoms with Gasteiger partial charge in [0.1, 0.15) is 12.1 Å². The number of aromatic amines is 1. The number of rotatable bonds is 6. The van der Waals surface area contributed by atoms with Gasteiger partial charge in [-0.1, -0.05) is 66.2 Å². The fraction of sp³-hybridized carbons (Fsp3) is 0.321. The lowest BCUT2D eigenvalue weighted by molar-refractivity contribution is -0.146. The predicted octanol–water partition coefficient (Wildman–Crippen LogP) is 6.87. The number of carbonyl (C=O) groups is 1. The number of benzene rings is 2. The minimum absolute atomic E-state index is 0.0379. The summed E-state index contributed by atoms with van der Waals surface area (Å²) in [6.45, 7) is 1.91. The van der Waals surface area contributed by atoms with Gasteiger partial charge in [-0.2, -0.15) is 4.98 Å². The van der Waals surface area contributed by atoms with Crippen LogP contribution in [0.2, 0.25) is 5.02 Å². The molecule has 1 atom stereocenters. The van der Waals surface area contributed by atoms with Crippen molar-refractivity contribution in [3.63, 3.8) is 0 Å². The highest BCUT2D eigenvalue weighted by molar-refractivity contribution is 7.98. The van der Waals surface area contributed by atoms with Gasteiger partial charge in [0.2, 0.25) is 11.1 Å². The first-order valence-corrected chi connectivity index (χ1v) is 14.0. The van der Waals surface area contributed by atoms with E-state index in [0.717, 1.165) is 58.4 Å². The average Bonchev–Trinajstić information content (AvgIpc) is 3.52. The van der Waals surface area contributed by atoms with Crippen LogP contribution in [0.4, 0.5) is 5.95 Å². The maximum Gasteiger partial charge on any atom is 0.338 e. The molecule has 3 heterocycles. The lowest BCUT2D eigenvalue weighted by atomic mass is 9.94. The minimum atomic E-state index is -0.467. The summed E-state index contributed by atoms with van der Waals surface area (Å²) in [5.41, 5.74) is 4.28. The van der Waals surface area contributed by atoms with Gasteiger partial charge in [0, 0.05) is 39.1 Å². The number of allylic oxidation sites excluding steroid dienone is 1. The number of hydrogen-bond donors (Lipinski definition) is 2. The highest BCUT2D eigenvalue weighted by Gasteiger charge is 2.37. The molecule has 6 rings (SSSR count). The second-order valence-corrected chi connectivity index (χ2v) is 10.9. The molecule has 2 aliphatic rings. The van der Waals surface area contributed by atoms with E-state index < -0.39 is 6.04 Å². The van der Waals surface area contributed by atoms with Crippen LogP contribution in [-0.4, -0.2) is 31.8 Å². The zero-order valence-corrected chi connectivity index (χ0v) is 22.1. The molecular weight excluding hydrogens is 506 g/mol. The Labute approximate surface area is 224 Å². The molecule has 190 valence electrons. The van der Waals surface area contributed by atoms with E-state index in [-0.39, 0.29) is 12.1 Å². The minimum Gasteiger partial charge on any atom is -0.459 e. The molecule has 2 aromatic carbocycles. The van der Waals surface area contributed by atoms with Crippen LogP contribution in [0.15, 0.2) is 71.2 Å². The van der Waals surface area contributed by atoms with E-state index in [4.69, 9.17) is 26.4 Å². The lowest BCUT2D eigenvalue weighted by Crippen LogP contribution is -2.31. The van der Waals surface area contributed by atoms with Crippen LogP contribution >= 0.6 is 23.4 Å². The number of fused-ring (bicyclic) bond motifs is 2. The molecule has 1 aliphatic heterocycles. The highest BCUT2D eigenvalue weighted by Crippen LogP contribution is 2.40. The van der Waals surface area contributed by atoms with Crippen LogP contribution in [0.25, 0.3) is 10.9 Å². The van der Waals surface area contributed by atoms with E-state index in [0.29, 0.717) is 22.4 Å². The molecule has 37 heavy (non-hydrogen) atoms. The Hall–Kier alpha value is -3.23. The molecule has 1 saturated carbocycles. The first-order valence-electron chi connectivity index (χ1n) is 12.7. The third kappa shape index (κ3) is 4.76. The maximum atomic E-state index is 13.7. The number of hydrogen-bond acceptors (Lipinski definition) is 6. The molecule has 1 fully saturated rings. The molecule has 1 unspecified atom stereocenters. The number of nitrogens with zero attached hydrogens (tertiary/aromatic N) is 3. The Morgan fingerprint density at radius 3 is 2.76 bits per heavy atom. The van der Waals surface area contributed by atoms with Crippen LogP contribution in [0, 0.1) is 0 Å². The van der Waals surface area contributed by atoms with Crippen LogP contribution in [0.1, 0.15) is 56.2 Å². The molecule has 0 spiro atoms. The van der Waals surface area contributed by atoms with E-state index in [9.17, 15) is 4.79 Å². The van der Waals surface area contributed by atoms with Crippen molar-refractivity contribution in [3.05, 3.63) is 82.1 Å². The van der Waals surface area contributed by atoms with Crippen LogP contribution in [-0.2, 0) is 15.3 Å². The summed E-state index contributed by atoms with van der Waals surface area (Å²) in [6.07, 6.45) is 7.15. The summed E-state index contributed by atoms with van der Waals surface area (Å²) in [5.74, 6) is 0.950. The molecule has 7 nitrogen and oxygen atoms in total. The zero-order chi connectivity index (χ0) is 25.4. The number of H-pyrrole nitrogens is 1. The van der Waals surface area contributed by atoms with E-state index >= 15 is 0 Å². The van der Waals surface area contributed by atoms with Crippen molar-refractivity contribution in [1.29, 1.82) is 0 Å². The zero-order valence-electron chi connectivity index (χ0n) is 20.5. The van der Waals surface area contributed by atoms with Crippen molar-refractivity contribution in [2.45, 2.75) is 62.1 Å². The van der Waals surface area contributed by atoms with Crippen LogP contribution in [0.3, 0.4) is 0 Å². The van der Waals surface area contributed by atoms with E-state index in [1.165, 1.54) is 18.2 Å². The molecule has 0 amide bonds. The van der Waals surface area contributed by atoms with Crippen molar-refractivity contribution >= 4 is 46.2 Å². The smallest absolute Gasteiger partial charge is 0.338 e. The van der Waals surface area contributed by atoms with E-state index in [2.05, 4.69) is 16.4 Å². The first kappa shape index (κ1) is 24.1. The molecule has 1 aliphatic carbocycles. The average molecular weight is 534 g/mol. The second kappa shape index (κ2) is 10.3. The Morgan fingerprint density at radius 1 is 1.14 bits per heavy atom. The predicted molar refractivity (Wildman–Crippen MR) is 147 cm³/mol. The summed E-state index contributed by atoms with van der Waals surface area (Å²) in [5, 5.41) is 10.6. The van der Waals surface area contributed by atoms with Crippen molar-refractivity contribution in [1.82, 2.24) is 19.7 Å². The monoisotopic (exact) mass is 533 g/mol. The number of esters is 1. The normalized spacial score (nSPS) is 18.1. The third-order valence-corrected chi connectivity index (χ3v) is 8.36. The number of anilines is 1. The number of halogens is 1. The number of thioether (sulfide) groups is 1. The Kier molecular flexibility index (Phi) is 6.69. The summed E-state index contributed by atoms with van der Waals surface area (Å²) in [6, 6.07) is 15.4. The number of carbonyl (C=O) groups excluding carboxylic acids is 1.